The zero-order valence-corrected chi connectivity index (χ0v) is 47.8. The van der Waals surface area contributed by atoms with E-state index in [1.54, 1.807) is 0 Å². The summed E-state index contributed by atoms with van der Waals surface area (Å²) in [6, 6.07) is 0. The molecule has 0 aliphatic rings. The number of hydrogen-bond acceptors (Lipinski definition) is 6. The van der Waals surface area contributed by atoms with Crippen molar-refractivity contribution in [2.75, 3.05) is 13.2 Å². The van der Waals surface area contributed by atoms with Crippen LogP contribution in [0.4, 0.5) is 0 Å². The minimum absolute atomic E-state index is 0.0709. The van der Waals surface area contributed by atoms with Crippen LogP contribution in [0.15, 0.2) is 36.5 Å². The maximum Gasteiger partial charge on any atom is 0.306 e. The molecule has 0 rings (SSSR count). The molecule has 0 aromatic carbocycles. The third-order valence-corrected chi connectivity index (χ3v) is 14.1. The molecule has 1 atom stereocenters. The summed E-state index contributed by atoms with van der Waals surface area (Å²) < 4.78 is 16.9. The molecule has 71 heavy (non-hydrogen) atoms. The van der Waals surface area contributed by atoms with Crippen molar-refractivity contribution < 1.29 is 28.6 Å². The Morgan fingerprint density at radius 1 is 0.282 bits per heavy atom. The van der Waals surface area contributed by atoms with Gasteiger partial charge in [-0.05, 0) is 77.0 Å². The van der Waals surface area contributed by atoms with Gasteiger partial charge in [0.25, 0.3) is 0 Å². The van der Waals surface area contributed by atoms with Crippen molar-refractivity contribution in [2.24, 2.45) is 0 Å². The SMILES string of the molecule is CCCCC/C=C\C/C=C\CCCCCCCCCCCC(=O)OC[C@@H](COC(=O)CCCCCCCCCCCCCCCCC)OC(=O)CCCCCCCCC/C=C\CCCCCCCCCC. The van der Waals surface area contributed by atoms with Crippen LogP contribution in [0.2, 0.25) is 0 Å². The lowest BCUT2D eigenvalue weighted by molar-refractivity contribution is -0.167. The minimum atomic E-state index is -0.774. The fourth-order valence-electron chi connectivity index (χ4n) is 9.35. The molecule has 0 spiro atoms. The normalized spacial score (nSPS) is 12.2. The van der Waals surface area contributed by atoms with Crippen LogP contribution in [0.25, 0.3) is 0 Å². The van der Waals surface area contributed by atoms with Crippen LogP contribution >= 0.6 is 0 Å². The van der Waals surface area contributed by atoms with Gasteiger partial charge in [0.1, 0.15) is 13.2 Å². The monoisotopic (exact) mass is 997 g/mol. The molecule has 0 aromatic rings. The molecule has 0 saturated heterocycles. The summed E-state index contributed by atoms with van der Waals surface area (Å²) in [5.41, 5.74) is 0. The van der Waals surface area contributed by atoms with E-state index < -0.39 is 6.10 Å². The predicted molar refractivity (Wildman–Crippen MR) is 307 cm³/mol. The highest BCUT2D eigenvalue weighted by Gasteiger charge is 2.19. The fraction of sp³-hybridized carbons (Fsp3) is 0.862. The third-order valence-electron chi connectivity index (χ3n) is 14.1. The van der Waals surface area contributed by atoms with Gasteiger partial charge >= 0.3 is 17.9 Å². The number of carbonyl (C=O) groups excluding carboxylic acids is 3. The number of unbranched alkanes of at least 4 members (excludes halogenated alkanes) is 41. The average Bonchev–Trinajstić information content (AvgIpc) is 3.37. The summed E-state index contributed by atoms with van der Waals surface area (Å²) in [6.45, 7) is 6.67. The predicted octanol–water partition coefficient (Wildman–Crippen LogP) is 21.2. The highest BCUT2D eigenvalue weighted by atomic mass is 16.6. The summed E-state index contributed by atoms with van der Waals surface area (Å²) in [5, 5.41) is 0. The van der Waals surface area contributed by atoms with Crippen LogP contribution in [0.3, 0.4) is 0 Å². The molecule has 0 fully saturated rings. The van der Waals surface area contributed by atoms with E-state index in [0.29, 0.717) is 19.3 Å². The van der Waals surface area contributed by atoms with Crippen molar-refractivity contribution in [3.8, 4) is 0 Å². The number of ether oxygens (including phenoxy) is 3. The molecule has 6 heteroatoms. The maximum absolute atomic E-state index is 12.9. The van der Waals surface area contributed by atoms with Crippen LogP contribution in [-0.4, -0.2) is 37.2 Å². The Bertz CT molecular complexity index is 1190. The lowest BCUT2D eigenvalue weighted by atomic mass is 10.0. The molecule has 0 saturated carbocycles. The minimum Gasteiger partial charge on any atom is -0.462 e. The van der Waals surface area contributed by atoms with Gasteiger partial charge in [-0.25, -0.2) is 0 Å². The second kappa shape index (κ2) is 60.2. The molecule has 0 unspecified atom stereocenters. The number of hydrogen-bond donors (Lipinski definition) is 0. The first-order valence-electron chi connectivity index (χ1n) is 31.5. The van der Waals surface area contributed by atoms with Crippen molar-refractivity contribution in [3.05, 3.63) is 36.5 Å². The fourth-order valence-corrected chi connectivity index (χ4v) is 9.35. The highest BCUT2D eigenvalue weighted by molar-refractivity contribution is 5.71. The number of carbonyl (C=O) groups is 3. The van der Waals surface area contributed by atoms with Crippen LogP contribution in [0, 0.1) is 0 Å². The molecule has 0 N–H and O–H groups in total. The van der Waals surface area contributed by atoms with E-state index >= 15 is 0 Å². The Hall–Kier alpha value is -2.37. The zero-order chi connectivity index (χ0) is 51.4. The summed E-state index contributed by atoms with van der Waals surface area (Å²) >= 11 is 0. The van der Waals surface area contributed by atoms with Crippen LogP contribution in [-0.2, 0) is 28.6 Å². The van der Waals surface area contributed by atoms with Crippen molar-refractivity contribution >= 4 is 17.9 Å². The quantitative estimate of drug-likeness (QED) is 0.0261. The Kier molecular flexibility index (Phi) is 58.2. The van der Waals surface area contributed by atoms with Gasteiger partial charge < -0.3 is 14.2 Å². The van der Waals surface area contributed by atoms with E-state index in [-0.39, 0.29) is 31.1 Å². The molecule has 0 radical (unpaired) electrons. The molecular weight excluding hydrogens is 877 g/mol. The number of rotatable bonds is 58. The standard InChI is InChI=1S/C65H120O6/c1-4-7-10-13-16-19-22-25-28-30-32-34-37-40-43-46-49-52-55-58-64(67)70-61-62(60-69-63(66)57-54-51-48-45-42-39-36-27-24-21-18-15-12-9-6-3)71-65(68)59-56-53-50-47-44-41-38-35-33-31-29-26-23-20-17-14-11-8-5-2/h16,19,25,28,31,33,62H,4-15,17-18,20-24,26-27,29-30,32,34-61H2,1-3H3/b19-16-,28-25-,33-31-/t62-/m1/s1. The van der Waals surface area contributed by atoms with Crippen LogP contribution < -0.4 is 0 Å². The van der Waals surface area contributed by atoms with Crippen molar-refractivity contribution in [1.82, 2.24) is 0 Å². The summed E-state index contributed by atoms with van der Waals surface area (Å²) in [6.07, 6.45) is 72.8. The molecule has 0 aliphatic heterocycles. The van der Waals surface area contributed by atoms with E-state index in [0.717, 1.165) is 64.2 Å². The van der Waals surface area contributed by atoms with E-state index in [1.165, 1.54) is 238 Å². The molecule has 416 valence electrons. The zero-order valence-electron chi connectivity index (χ0n) is 47.8. The molecule has 0 bridgehead atoms. The van der Waals surface area contributed by atoms with Crippen molar-refractivity contribution in [3.63, 3.8) is 0 Å². The molecule has 6 nitrogen and oxygen atoms in total. The smallest absolute Gasteiger partial charge is 0.306 e. The summed E-state index contributed by atoms with van der Waals surface area (Å²) in [7, 11) is 0. The first-order chi connectivity index (χ1) is 35.0. The Morgan fingerprint density at radius 2 is 0.507 bits per heavy atom. The van der Waals surface area contributed by atoms with Crippen molar-refractivity contribution in [2.45, 2.75) is 348 Å². The lowest BCUT2D eigenvalue weighted by Gasteiger charge is -2.18. The van der Waals surface area contributed by atoms with E-state index in [2.05, 4.69) is 57.2 Å². The van der Waals surface area contributed by atoms with E-state index in [1.807, 2.05) is 0 Å². The summed E-state index contributed by atoms with van der Waals surface area (Å²) in [5.74, 6) is -0.857. The second-order valence-corrected chi connectivity index (χ2v) is 21.3. The maximum atomic E-state index is 12.9. The van der Waals surface area contributed by atoms with Gasteiger partial charge in [0.2, 0.25) is 0 Å². The highest BCUT2D eigenvalue weighted by Crippen LogP contribution is 2.17. The van der Waals surface area contributed by atoms with Gasteiger partial charge in [0.15, 0.2) is 6.10 Å². The molecule has 0 aromatic heterocycles. The van der Waals surface area contributed by atoms with Gasteiger partial charge in [-0.2, -0.15) is 0 Å². The molecule has 0 heterocycles. The van der Waals surface area contributed by atoms with Gasteiger partial charge in [-0.3, -0.25) is 14.4 Å². The first-order valence-corrected chi connectivity index (χ1v) is 31.5. The van der Waals surface area contributed by atoms with Gasteiger partial charge in [0, 0.05) is 19.3 Å². The molecule has 0 amide bonds. The van der Waals surface area contributed by atoms with Gasteiger partial charge in [-0.1, -0.05) is 282 Å². The Balaban J connectivity index is 4.34. The summed E-state index contributed by atoms with van der Waals surface area (Å²) in [4.78, 5) is 38.3. The average molecular weight is 998 g/mol. The topological polar surface area (TPSA) is 78.9 Å². The van der Waals surface area contributed by atoms with E-state index in [9.17, 15) is 14.4 Å². The first kappa shape index (κ1) is 68.6. The van der Waals surface area contributed by atoms with Crippen molar-refractivity contribution in [1.29, 1.82) is 0 Å². The van der Waals surface area contributed by atoms with Gasteiger partial charge in [0.05, 0.1) is 0 Å². The van der Waals surface area contributed by atoms with Crippen LogP contribution in [0.1, 0.15) is 342 Å². The second-order valence-electron chi connectivity index (χ2n) is 21.3. The van der Waals surface area contributed by atoms with E-state index in [4.69, 9.17) is 14.2 Å². The lowest BCUT2D eigenvalue weighted by Crippen LogP contribution is -2.30. The largest absolute Gasteiger partial charge is 0.462 e. The number of allylic oxidation sites excluding steroid dienone is 6. The molecular formula is C65H120O6. The molecule has 0 aliphatic carbocycles. The third kappa shape index (κ3) is 58.4. The Labute approximate surface area is 442 Å². The van der Waals surface area contributed by atoms with Crippen LogP contribution in [0.5, 0.6) is 0 Å². The number of esters is 3. The Morgan fingerprint density at radius 3 is 0.817 bits per heavy atom. The van der Waals surface area contributed by atoms with Gasteiger partial charge in [-0.15, -0.1) is 0 Å².